The smallest absolute Gasteiger partial charge is 0.337 e. The summed E-state index contributed by atoms with van der Waals surface area (Å²) in [6.45, 7) is 2.06. The number of nitro groups is 1. The number of non-ortho nitro benzene ring substituents is 1. The summed E-state index contributed by atoms with van der Waals surface area (Å²) in [5, 5.41) is 22.1. The molecule has 9 heteroatoms. The van der Waals surface area contributed by atoms with Gasteiger partial charge in [-0.05, 0) is 35.7 Å². The van der Waals surface area contributed by atoms with Gasteiger partial charge in [0.25, 0.3) is 5.69 Å². The molecule has 0 radical (unpaired) electrons. The maximum Gasteiger partial charge on any atom is 0.337 e. The predicted octanol–water partition coefficient (Wildman–Crippen LogP) is 4.56. The molecule has 0 spiro atoms. The van der Waals surface area contributed by atoms with E-state index >= 15 is 0 Å². The number of halogens is 1. The molecule has 1 heterocycles. The van der Waals surface area contributed by atoms with Crippen molar-refractivity contribution in [3.63, 3.8) is 0 Å². The number of phenolic OH excluding ortho intramolecular Hbond substituents is 1. The summed E-state index contributed by atoms with van der Waals surface area (Å²) in [4.78, 5) is 27.4. The Morgan fingerprint density at radius 1 is 1.48 bits per heavy atom. The topological polar surface area (TPSA) is 102 Å². The number of carbonyl (C=O) groups is 1. The van der Waals surface area contributed by atoms with E-state index in [1.54, 1.807) is 18.7 Å². The first kappa shape index (κ1) is 19.9. The number of nitrogens with zero attached hydrogens (tertiary/aromatic N) is 2. The van der Waals surface area contributed by atoms with Gasteiger partial charge < -0.3 is 9.84 Å². The first-order chi connectivity index (χ1) is 12.9. The summed E-state index contributed by atoms with van der Waals surface area (Å²) in [7, 11) is 0. The minimum absolute atomic E-state index is 0.125. The van der Waals surface area contributed by atoms with Crippen LogP contribution in [0, 0.1) is 16.0 Å². The van der Waals surface area contributed by atoms with Crippen LogP contribution in [0.2, 0.25) is 0 Å². The molecule has 1 saturated carbocycles. The molecule has 0 amide bonds. The van der Waals surface area contributed by atoms with Crippen molar-refractivity contribution in [3.05, 3.63) is 42.9 Å². The molecule has 27 heavy (non-hydrogen) atoms. The van der Waals surface area contributed by atoms with Crippen molar-refractivity contribution in [2.24, 2.45) is 10.9 Å². The average Bonchev–Trinajstić information content (AvgIpc) is 3.01. The van der Waals surface area contributed by atoms with Crippen molar-refractivity contribution >= 4 is 45.6 Å². The molecule has 2 atom stereocenters. The summed E-state index contributed by atoms with van der Waals surface area (Å²) in [5.74, 6) is -0.362. The number of fused-ring (bicyclic) bond motifs is 1. The molecule has 1 aromatic carbocycles. The Morgan fingerprint density at radius 2 is 2.22 bits per heavy atom. The Balaban J connectivity index is 1.97. The first-order valence-electron chi connectivity index (χ1n) is 8.71. The number of aliphatic imine (C=N–C) groups is 1. The summed E-state index contributed by atoms with van der Waals surface area (Å²) in [6, 6.07) is 2.48. The number of ether oxygens (including phenoxy) is 1. The highest BCUT2D eigenvalue weighted by Gasteiger charge is 2.41. The van der Waals surface area contributed by atoms with E-state index in [1.165, 1.54) is 18.3 Å². The SMILES string of the molecule is CCOC(=O)C1=C(N=Cc2cc([N+](=O)[O-])cc(Br)c2O)S[C@H]2CCCC[C@H]12. The van der Waals surface area contributed by atoms with E-state index in [4.69, 9.17) is 4.74 Å². The molecule has 7 nitrogen and oxygen atoms in total. The quantitative estimate of drug-likeness (QED) is 0.302. The van der Waals surface area contributed by atoms with Crippen LogP contribution in [0.25, 0.3) is 0 Å². The molecule has 1 aliphatic carbocycles. The molecule has 144 valence electrons. The maximum atomic E-state index is 12.5. The molecule has 0 aromatic heterocycles. The van der Waals surface area contributed by atoms with Gasteiger partial charge in [0.15, 0.2) is 0 Å². The van der Waals surface area contributed by atoms with Crippen LogP contribution in [-0.4, -0.2) is 34.1 Å². The van der Waals surface area contributed by atoms with E-state index in [1.807, 2.05) is 0 Å². The summed E-state index contributed by atoms with van der Waals surface area (Å²) in [6.07, 6.45) is 5.51. The molecule has 3 rings (SSSR count). The number of phenols is 1. The van der Waals surface area contributed by atoms with Crippen molar-refractivity contribution in [1.29, 1.82) is 0 Å². The van der Waals surface area contributed by atoms with Gasteiger partial charge in [0.2, 0.25) is 0 Å². The fraction of sp³-hybridized carbons (Fsp3) is 0.444. The predicted molar refractivity (Wildman–Crippen MR) is 107 cm³/mol. The van der Waals surface area contributed by atoms with Crippen LogP contribution in [0.4, 0.5) is 5.69 Å². The van der Waals surface area contributed by atoms with E-state index in [0.717, 1.165) is 25.7 Å². The first-order valence-corrected chi connectivity index (χ1v) is 10.4. The molecule has 1 fully saturated rings. The van der Waals surface area contributed by atoms with Crippen LogP contribution < -0.4 is 0 Å². The van der Waals surface area contributed by atoms with Crippen molar-refractivity contribution in [2.45, 2.75) is 37.9 Å². The van der Waals surface area contributed by atoms with Gasteiger partial charge in [-0.2, -0.15) is 0 Å². The van der Waals surface area contributed by atoms with Gasteiger partial charge in [-0.3, -0.25) is 10.1 Å². The van der Waals surface area contributed by atoms with E-state index in [2.05, 4.69) is 20.9 Å². The average molecular weight is 455 g/mol. The van der Waals surface area contributed by atoms with Crippen molar-refractivity contribution in [2.75, 3.05) is 6.61 Å². The highest BCUT2D eigenvalue weighted by Crippen LogP contribution is 2.49. The second-order valence-electron chi connectivity index (χ2n) is 6.37. The van der Waals surface area contributed by atoms with Crippen LogP contribution in [-0.2, 0) is 9.53 Å². The number of thioether (sulfide) groups is 1. The lowest BCUT2D eigenvalue weighted by molar-refractivity contribution is -0.385. The molecule has 1 N–H and O–H groups in total. The van der Waals surface area contributed by atoms with Crippen molar-refractivity contribution in [3.8, 4) is 5.75 Å². The van der Waals surface area contributed by atoms with Gasteiger partial charge in [-0.1, -0.05) is 12.8 Å². The minimum Gasteiger partial charge on any atom is -0.506 e. The second kappa shape index (κ2) is 8.43. The number of hydrogen-bond donors (Lipinski definition) is 1. The van der Waals surface area contributed by atoms with Gasteiger partial charge in [0.05, 0.1) is 21.6 Å². The van der Waals surface area contributed by atoms with Crippen LogP contribution in [0.5, 0.6) is 5.75 Å². The number of esters is 1. The molecule has 0 bridgehead atoms. The van der Waals surface area contributed by atoms with Gasteiger partial charge in [0.1, 0.15) is 10.8 Å². The number of benzene rings is 1. The Bertz CT molecular complexity index is 839. The number of nitro benzene ring substituents is 1. The van der Waals surface area contributed by atoms with Gasteiger partial charge in [-0.25, -0.2) is 9.79 Å². The zero-order chi connectivity index (χ0) is 19.6. The van der Waals surface area contributed by atoms with Crippen molar-refractivity contribution in [1.82, 2.24) is 0 Å². The van der Waals surface area contributed by atoms with E-state index in [-0.39, 0.29) is 33.4 Å². The number of carbonyl (C=O) groups excluding carboxylic acids is 1. The number of rotatable bonds is 5. The second-order valence-corrected chi connectivity index (χ2v) is 8.45. The lowest BCUT2D eigenvalue weighted by atomic mass is 9.84. The molecule has 2 aliphatic rings. The Morgan fingerprint density at radius 3 is 2.93 bits per heavy atom. The Labute approximate surface area is 169 Å². The van der Waals surface area contributed by atoms with Crippen LogP contribution in [0.1, 0.15) is 38.2 Å². The summed E-state index contributed by atoms with van der Waals surface area (Å²) in [5.41, 5.74) is 0.641. The fourth-order valence-electron chi connectivity index (χ4n) is 3.42. The summed E-state index contributed by atoms with van der Waals surface area (Å²) >= 11 is 4.67. The van der Waals surface area contributed by atoms with E-state index < -0.39 is 4.92 Å². The van der Waals surface area contributed by atoms with Crippen molar-refractivity contribution < 1.29 is 19.6 Å². The third-order valence-electron chi connectivity index (χ3n) is 4.67. The minimum atomic E-state index is -0.538. The van der Waals surface area contributed by atoms with E-state index in [0.29, 0.717) is 22.5 Å². The molecule has 1 aromatic rings. The number of hydrogen-bond acceptors (Lipinski definition) is 7. The zero-order valence-corrected chi connectivity index (χ0v) is 17.1. The maximum absolute atomic E-state index is 12.5. The third kappa shape index (κ3) is 4.19. The number of aromatic hydroxyl groups is 1. The van der Waals surface area contributed by atoms with Crippen LogP contribution in [0.15, 0.2) is 32.2 Å². The lowest BCUT2D eigenvalue weighted by Crippen LogP contribution is -2.24. The highest BCUT2D eigenvalue weighted by molar-refractivity contribution is 9.10. The third-order valence-corrected chi connectivity index (χ3v) is 6.69. The molecular formula is C18H19BrN2O5S. The highest BCUT2D eigenvalue weighted by atomic mass is 79.9. The van der Waals surface area contributed by atoms with Gasteiger partial charge in [-0.15, -0.1) is 11.8 Å². The Kier molecular flexibility index (Phi) is 6.21. The van der Waals surface area contributed by atoms with Gasteiger partial charge >= 0.3 is 5.97 Å². The van der Waals surface area contributed by atoms with Crippen LogP contribution >= 0.6 is 27.7 Å². The lowest BCUT2D eigenvalue weighted by Gasteiger charge is -2.25. The molecular weight excluding hydrogens is 436 g/mol. The van der Waals surface area contributed by atoms with Gasteiger partial charge in [0, 0.05) is 35.1 Å². The summed E-state index contributed by atoms with van der Waals surface area (Å²) < 4.78 is 5.43. The molecule has 0 unspecified atom stereocenters. The largest absolute Gasteiger partial charge is 0.506 e. The van der Waals surface area contributed by atoms with E-state index in [9.17, 15) is 20.0 Å². The standard InChI is InChI=1S/C18H19BrN2O5S/c1-2-26-18(23)15-12-5-3-4-6-14(12)27-17(15)20-9-10-7-11(21(24)25)8-13(19)16(10)22/h7-9,12,14,22H,2-6H2,1H3/t12-,14-/m0/s1. The monoisotopic (exact) mass is 454 g/mol. The normalized spacial score (nSPS) is 22.1. The molecule has 1 aliphatic heterocycles. The zero-order valence-electron chi connectivity index (χ0n) is 14.7. The Hall–Kier alpha value is -1.87. The van der Waals surface area contributed by atoms with Crippen LogP contribution in [0.3, 0.4) is 0 Å². The fourth-order valence-corrected chi connectivity index (χ4v) is 5.36. The molecule has 0 saturated heterocycles.